The highest BCUT2D eigenvalue weighted by Crippen LogP contribution is 2.45. The zero-order valence-electron chi connectivity index (χ0n) is 23.3. The van der Waals surface area contributed by atoms with Crippen LogP contribution in [0.4, 0.5) is 0 Å². The Balaban J connectivity index is 1.27. The van der Waals surface area contributed by atoms with Crippen LogP contribution in [0.2, 0.25) is 0 Å². The van der Waals surface area contributed by atoms with E-state index in [9.17, 15) is 0 Å². The number of hydrogen-bond donors (Lipinski definition) is 0. The van der Waals surface area contributed by atoms with Crippen LogP contribution in [-0.2, 0) is 0 Å². The molecule has 2 heteroatoms. The van der Waals surface area contributed by atoms with Gasteiger partial charge in [-0.1, -0.05) is 127 Å². The average molecular weight is 564 g/mol. The van der Waals surface area contributed by atoms with Crippen molar-refractivity contribution in [2.75, 3.05) is 0 Å². The van der Waals surface area contributed by atoms with Crippen molar-refractivity contribution >= 4 is 63.8 Å². The van der Waals surface area contributed by atoms with Crippen LogP contribution in [0, 0.1) is 0 Å². The van der Waals surface area contributed by atoms with Crippen molar-refractivity contribution in [3.8, 4) is 33.5 Å². The average Bonchev–Trinajstić information content (AvgIpc) is 3.47. The standard InChI is InChI=1S/C41H25NS/c1-2-12-27(13-3-1)38-30-15-6-8-17-32(30)39(33-18-9-7-16-31(33)38)28-21-23-35(42-25-28)34-19-10-20-36-41(34)40-29-14-5-4-11-26(29)22-24-37(40)43-36/h1-25H. The van der Waals surface area contributed by atoms with Gasteiger partial charge in [-0.05, 0) is 67.2 Å². The van der Waals surface area contributed by atoms with Gasteiger partial charge in [-0.3, -0.25) is 4.98 Å². The predicted molar refractivity (Wildman–Crippen MR) is 186 cm³/mol. The van der Waals surface area contributed by atoms with Crippen molar-refractivity contribution in [1.29, 1.82) is 0 Å². The summed E-state index contributed by atoms with van der Waals surface area (Å²) in [5, 5.41) is 10.2. The Morgan fingerprint density at radius 1 is 0.395 bits per heavy atom. The fourth-order valence-electron chi connectivity index (χ4n) is 6.86. The number of nitrogens with zero attached hydrogens (tertiary/aromatic N) is 1. The lowest BCUT2D eigenvalue weighted by molar-refractivity contribution is 1.34. The molecule has 0 fully saturated rings. The lowest BCUT2D eigenvalue weighted by atomic mass is 9.86. The molecule has 200 valence electrons. The van der Waals surface area contributed by atoms with Crippen molar-refractivity contribution in [2.45, 2.75) is 0 Å². The summed E-state index contributed by atoms with van der Waals surface area (Å²) in [7, 11) is 0. The van der Waals surface area contributed by atoms with Gasteiger partial charge in [0.2, 0.25) is 0 Å². The topological polar surface area (TPSA) is 12.9 Å². The van der Waals surface area contributed by atoms with Gasteiger partial charge in [0, 0.05) is 37.5 Å². The summed E-state index contributed by atoms with van der Waals surface area (Å²) in [6.07, 6.45) is 2.07. The molecule has 0 aliphatic heterocycles. The minimum atomic E-state index is 0.997. The molecule has 43 heavy (non-hydrogen) atoms. The van der Waals surface area contributed by atoms with E-state index in [1.54, 1.807) is 0 Å². The SMILES string of the molecule is c1ccc(-c2c3ccccc3c(-c3ccc(-c4cccc5sc6ccc7ccccc7c6c45)nc3)c3ccccc23)cc1. The summed E-state index contributed by atoms with van der Waals surface area (Å²) in [6.45, 7) is 0. The zero-order valence-corrected chi connectivity index (χ0v) is 24.1. The van der Waals surface area contributed by atoms with E-state index in [0.717, 1.165) is 11.3 Å². The van der Waals surface area contributed by atoms with E-state index in [1.807, 2.05) is 11.3 Å². The summed E-state index contributed by atoms with van der Waals surface area (Å²) in [6, 6.07) is 52.6. The summed E-state index contributed by atoms with van der Waals surface area (Å²) in [5.41, 5.74) is 7.05. The van der Waals surface area contributed by atoms with E-state index in [4.69, 9.17) is 4.98 Å². The summed E-state index contributed by atoms with van der Waals surface area (Å²) >= 11 is 1.86. The monoisotopic (exact) mass is 563 g/mol. The molecule has 0 spiro atoms. The number of benzene rings is 7. The van der Waals surface area contributed by atoms with Crippen molar-refractivity contribution < 1.29 is 0 Å². The van der Waals surface area contributed by atoms with Crippen LogP contribution in [0.5, 0.6) is 0 Å². The maximum Gasteiger partial charge on any atom is 0.0709 e. The fourth-order valence-corrected chi connectivity index (χ4v) is 8.00. The molecule has 2 aromatic heterocycles. The fraction of sp³-hybridized carbons (Fsp3) is 0. The molecular weight excluding hydrogens is 539 g/mol. The van der Waals surface area contributed by atoms with Crippen molar-refractivity contribution in [3.05, 3.63) is 152 Å². The molecule has 0 radical (unpaired) electrons. The molecule has 0 aliphatic carbocycles. The van der Waals surface area contributed by atoms with E-state index >= 15 is 0 Å². The number of hydrogen-bond acceptors (Lipinski definition) is 2. The molecule has 7 aromatic carbocycles. The third-order valence-electron chi connectivity index (χ3n) is 8.71. The molecule has 9 rings (SSSR count). The van der Waals surface area contributed by atoms with Gasteiger partial charge in [-0.25, -0.2) is 0 Å². The maximum atomic E-state index is 5.14. The third kappa shape index (κ3) is 3.74. The summed E-state index contributed by atoms with van der Waals surface area (Å²) < 4.78 is 2.61. The molecule has 9 aromatic rings. The largest absolute Gasteiger partial charge is 0.256 e. The number of thiophene rings is 1. The minimum absolute atomic E-state index is 0.997. The normalized spacial score (nSPS) is 11.7. The molecule has 1 nitrogen and oxygen atoms in total. The highest BCUT2D eigenvalue weighted by atomic mass is 32.1. The molecule has 0 bridgehead atoms. The second kappa shape index (κ2) is 9.62. The smallest absolute Gasteiger partial charge is 0.0709 e. The highest BCUT2D eigenvalue weighted by Gasteiger charge is 2.18. The molecule has 0 amide bonds. The number of aromatic nitrogens is 1. The first kappa shape index (κ1) is 24.3. The first-order valence-electron chi connectivity index (χ1n) is 14.6. The highest BCUT2D eigenvalue weighted by molar-refractivity contribution is 7.26. The Kier molecular flexibility index (Phi) is 5.44. The minimum Gasteiger partial charge on any atom is -0.256 e. The molecule has 0 unspecified atom stereocenters. The second-order valence-electron chi connectivity index (χ2n) is 11.1. The van der Waals surface area contributed by atoms with E-state index in [0.29, 0.717) is 0 Å². The molecule has 2 heterocycles. The predicted octanol–water partition coefficient (Wildman–Crippen LogP) is 11.9. The van der Waals surface area contributed by atoms with Crippen LogP contribution in [0.25, 0.3) is 86.0 Å². The summed E-state index contributed by atoms with van der Waals surface area (Å²) in [5.74, 6) is 0. The van der Waals surface area contributed by atoms with E-state index in [2.05, 4.69) is 152 Å². The molecule has 0 atom stereocenters. The third-order valence-corrected chi connectivity index (χ3v) is 9.83. The number of pyridine rings is 1. The van der Waals surface area contributed by atoms with Crippen molar-refractivity contribution in [2.24, 2.45) is 0 Å². The van der Waals surface area contributed by atoms with Crippen LogP contribution >= 0.6 is 11.3 Å². The Bertz CT molecular complexity index is 2430. The Hall–Kier alpha value is -5.31. The molecule has 0 saturated heterocycles. The molecule has 0 N–H and O–H groups in total. The molecular formula is C41H25NS. The first-order chi connectivity index (χ1) is 21.3. The van der Waals surface area contributed by atoms with E-state index in [1.165, 1.54) is 74.7 Å². The summed E-state index contributed by atoms with van der Waals surface area (Å²) in [4.78, 5) is 5.14. The van der Waals surface area contributed by atoms with Crippen molar-refractivity contribution in [3.63, 3.8) is 0 Å². The van der Waals surface area contributed by atoms with Gasteiger partial charge in [0.05, 0.1) is 5.69 Å². The van der Waals surface area contributed by atoms with Gasteiger partial charge in [-0.2, -0.15) is 0 Å². The van der Waals surface area contributed by atoms with Crippen LogP contribution in [0.3, 0.4) is 0 Å². The Morgan fingerprint density at radius 2 is 1.00 bits per heavy atom. The van der Waals surface area contributed by atoms with Crippen LogP contribution in [0.15, 0.2) is 152 Å². The zero-order chi connectivity index (χ0) is 28.3. The van der Waals surface area contributed by atoms with Crippen LogP contribution in [0.1, 0.15) is 0 Å². The van der Waals surface area contributed by atoms with E-state index in [-0.39, 0.29) is 0 Å². The number of fused-ring (bicyclic) bond motifs is 7. The molecule has 0 saturated carbocycles. The lowest BCUT2D eigenvalue weighted by Crippen LogP contribution is -1.92. The van der Waals surface area contributed by atoms with Gasteiger partial charge >= 0.3 is 0 Å². The van der Waals surface area contributed by atoms with Crippen molar-refractivity contribution in [1.82, 2.24) is 4.98 Å². The van der Waals surface area contributed by atoms with Gasteiger partial charge in [-0.15, -0.1) is 11.3 Å². The van der Waals surface area contributed by atoms with Gasteiger partial charge in [0.15, 0.2) is 0 Å². The first-order valence-corrected chi connectivity index (χ1v) is 15.5. The maximum absolute atomic E-state index is 5.14. The molecule has 0 aliphatic rings. The van der Waals surface area contributed by atoms with Gasteiger partial charge in [0.25, 0.3) is 0 Å². The van der Waals surface area contributed by atoms with Crippen LogP contribution < -0.4 is 0 Å². The second-order valence-corrected chi connectivity index (χ2v) is 12.2. The quantitative estimate of drug-likeness (QED) is 0.195. The Morgan fingerprint density at radius 3 is 1.67 bits per heavy atom. The lowest BCUT2D eigenvalue weighted by Gasteiger charge is -2.17. The van der Waals surface area contributed by atoms with Gasteiger partial charge in [0.1, 0.15) is 0 Å². The van der Waals surface area contributed by atoms with Gasteiger partial charge < -0.3 is 0 Å². The van der Waals surface area contributed by atoms with Crippen LogP contribution in [-0.4, -0.2) is 4.98 Å². The Labute approximate surface area is 253 Å². The van der Waals surface area contributed by atoms with E-state index < -0.39 is 0 Å². The number of rotatable bonds is 3.